The molecule has 0 aliphatic heterocycles. The first kappa shape index (κ1) is 18.2. The summed E-state index contributed by atoms with van der Waals surface area (Å²) in [5.41, 5.74) is 2.05. The van der Waals surface area contributed by atoms with Crippen LogP contribution in [0.25, 0.3) is 22.3 Å². The maximum Gasteiger partial charge on any atom is 0.308 e. The van der Waals surface area contributed by atoms with Crippen molar-refractivity contribution in [3.05, 3.63) is 66.7 Å². The van der Waals surface area contributed by atoms with Crippen LogP contribution in [0.4, 0.5) is 0 Å². The van der Waals surface area contributed by atoms with Crippen LogP contribution < -0.4 is 9.47 Å². The van der Waals surface area contributed by atoms with Gasteiger partial charge in [0.05, 0.1) is 5.56 Å². The SMILES string of the molecule is CC(=O)Oc1c(-c2ccccc2)cc(O)c(-c2ccccc2)c1OC(C)=O. The Labute approximate surface area is 156 Å². The zero-order valence-electron chi connectivity index (χ0n) is 14.9. The molecular formula is C22H18O5. The largest absolute Gasteiger partial charge is 0.507 e. The van der Waals surface area contributed by atoms with E-state index in [0.29, 0.717) is 16.7 Å². The third-order valence-electron chi connectivity index (χ3n) is 3.85. The Bertz CT molecular complexity index is 979. The molecule has 0 heterocycles. The lowest BCUT2D eigenvalue weighted by Crippen LogP contribution is -2.09. The molecule has 5 heteroatoms. The van der Waals surface area contributed by atoms with Crippen LogP contribution in [0.5, 0.6) is 17.2 Å². The van der Waals surface area contributed by atoms with Crippen molar-refractivity contribution in [1.82, 2.24) is 0 Å². The van der Waals surface area contributed by atoms with Crippen molar-refractivity contribution in [3.8, 4) is 39.5 Å². The van der Waals surface area contributed by atoms with Gasteiger partial charge in [-0.1, -0.05) is 60.7 Å². The molecule has 0 fully saturated rings. The molecule has 0 spiro atoms. The normalized spacial score (nSPS) is 10.3. The van der Waals surface area contributed by atoms with Crippen molar-refractivity contribution in [2.24, 2.45) is 0 Å². The lowest BCUT2D eigenvalue weighted by molar-refractivity contribution is -0.134. The van der Waals surface area contributed by atoms with Crippen LogP contribution in [0, 0.1) is 0 Å². The molecule has 0 amide bonds. The minimum atomic E-state index is -0.592. The molecule has 0 aromatic heterocycles. The molecule has 3 aromatic carbocycles. The summed E-state index contributed by atoms with van der Waals surface area (Å²) in [6.07, 6.45) is 0. The number of aromatic hydroxyl groups is 1. The van der Waals surface area contributed by atoms with Crippen LogP contribution in [0.15, 0.2) is 66.7 Å². The maximum absolute atomic E-state index is 11.7. The number of carbonyl (C=O) groups excluding carboxylic acids is 2. The van der Waals surface area contributed by atoms with Crippen LogP contribution in [0.1, 0.15) is 13.8 Å². The zero-order chi connectivity index (χ0) is 19.4. The molecule has 0 bridgehead atoms. The third kappa shape index (κ3) is 3.98. The number of rotatable bonds is 4. The van der Waals surface area contributed by atoms with E-state index in [0.717, 1.165) is 0 Å². The molecular weight excluding hydrogens is 344 g/mol. The number of benzene rings is 3. The Morgan fingerprint density at radius 2 is 1.22 bits per heavy atom. The molecule has 1 N–H and O–H groups in total. The van der Waals surface area contributed by atoms with Crippen molar-refractivity contribution in [2.75, 3.05) is 0 Å². The molecule has 5 nitrogen and oxygen atoms in total. The van der Waals surface area contributed by atoms with Gasteiger partial charge in [-0.2, -0.15) is 0 Å². The molecule has 136 valence electrons. The van der Waals surface area contributed by atoms with E-state index in [4.69, 9.17) is 9.47 Å². The van der Waals surface area contributed by atoms with Crippen LogP contribution >= 0.6 is 0 Å². The second-order valence-corrected chi connectivity index (χ2v) is 5.90. The summed E-state index contributed by atoms with van der Waals surface area (Å²) in [5, 5.41) is 10.7. The minimum Gasteiger partial charge on any atom is -0.507 e. The van der Waals surface area contributed by atoms with E-state index in [-0.39, 0.29) is 22.8 Å². The maximum atomic E-state index is 11.7. The van der Waals surface area contributed by atoms with Gasteiger partial charge in [0.25, 0.3) is 0 Å². The molecule has 3 rings (SSSR count). The molecule has 0 aliphatic carbocycles. The quantitative estimate of drug-likeness (QED) is 0.543. The van der Waals surface area contributed by atoms with Gasteiger partial charge < -0.3 is 14.6 Å². The van der Waals surface area contributed by atoms with E-state index in [9.17, 15) is 14.7 Å². The number of carbonyl (C=O) groups is 2. The lowest BCUT2D eigenvalue weighted by atomic mass is 9.96. The van der Waals surface area contributed by atoms with E-state index in [2.05, 4.69) is 0 Å². The highest BCUT2D eigenvalue weighted by molar-refractivity contribution is 5.91. The number of hydrogen-bond acceptors (Lipinski definition) is 5. The van der Waals surface area contributed by atoms with Crippen molar-refractivity contribution >= 4 is 11.9 Å². The van der Waals surface area contributed by atoms with E-state index in [1.165, 1.54) is 19.9 Å². The van der Waals surface area contributed by atoms with Crippen molar-refractivity contribution in [3.63, 3.8) is 0 Å². The topological polar surface area (TPSA) is 72.8 Å². The average molecular weight is 362 g/mol. The van der Waals surface area contributed by atoms with Gasteiger partial charge >= 0.3 is 11.9 Å². The number of ether oxygens (including phenoxy) is 2. The number of hydrogen-bond donors (Lipinski definition) is 1. The summed E-state index contributed by atoms with van der Waals surface area (Å²) in [6, 6.07) is 19.6. The van der Waals surface area contributed by atoms with Gasteiger partial charge in [0.15, 0.2) is 11.5 Å². The van der Waals surface area contributed by atoms with Crippen LogP contribution in [-0.4, -0.2) is 17.0 Å². The van der Waals surface area contributed by atoms with Gasteiger partial charge in [-0.25, -0.2) is 0 Å². The van der Waals surface area contributed by atoms with Gasteiger partial charge in [-0.05, 0) is 17.2 Å². The summed E-state index contributed by atoms with van der Waals surface area (Å²) in [6.45, 7) is 2.51. The third-order valence-corrected chi connectivity index (χ3v) is 3.85. The molecule has 0 radical (unpaired) electrons. The predicted molar refractivity (Wildman–Crippen MR) is 102 cm³/mol. The van der Waals surface area contributed by atoms with Crippen molar-refractivity contribution < 1.29 is 24.2 Å². The Morgan fingerprint density at radius 1 is 0.741 bits per heavy atom. The lowest BCUT2D eigenvalue weighted by Gasteiger charge is -2.19. The number of phenolic OH excluding ortho intramolecular Hbond substituents is 1. The molecule has 0 atom stereocenters. The zero-order valence-corrected chi connectivity index (χ0v) is 14.9. The van der Waals surface area contributed by atoms with E-state index < -0.39 is 11.9 Å². The second kappa shape index (κ2) is 7.74. The summed E-state index contributed by atoms with van der Waals surface area (Å²) >= 11 is 0. The Kier molecular flexibility index (Phi) is 5.22. The fourth-order valence-electron chi connectivity index (χ4n) is 2.83. The van der Waals surface area contributed by atoms with Crippen LogP contribution in [0.2, 0.25) is 0 Å². The number of esters is 2. The highest BCUT2D eigenvalue weighted by Gasteiger charge is 2.25. The molecule has 0 aliphatic rings. The standard InChI is InChI=1S/C22H18O5/c1-14(23)26-21-18(16-9-5-3-6-10-16)13-19(25)20(22(21)27-15(2)24)17-11-7-4-8-12-17/h3-13,25H,1-2H3. The summed E-state index contributed by atoms with van der Waals surface area (Å²) < 4.78 is 10.8. The average Bonchev–Trinajstić information content (AvgIpc) is 2.64. The second-order valence-electron chi connectivity index (χ2n) is 5.90. The van der Waals surface area contributed by atoms with Crippen molar-refractivity contribution in [1.29, 1.82) is 0 Å². The fourth-order valence-corrected chi connectivity index (χ4v) is 2.83. The molecule has 0 unspecified atom stereocenters. The van der Waals surface area contributed by atoms with Gasteiger partial charge in [-0.3, -0.25) is 9.59 Å². The van der Waals surface area contributed by atoms with Gasteiger partial charge in [0.1, 0.15) is 5.75 Å². The van der Waals surface area contributed by atoms with Crippen molar-refractivity contribution in [2.45, 2.75) is 13.8 Å². The monoisotopic (exact) mass is 362 g/mol. The number of phenols is 1. The molecule has 0 saturated carbocycles. The summed E-state index contributed by atoms with van der Waals surface area (Å²) in [4.78, 5) is 23.5. The first-order valence-electron chi connectivity index (χ1n) is 8.35. The van der Waals surface area contributed by atoms with Gasteiger partial charge in [-0.15, -0.1) is 0 Å². The van der Waals surface area contributed by atoms with Crippen LogP contribution in [0.3, 0.4) is 0 Å². The van der Waals surface area contributed by atoms with Gasteiger partial charge in [0, 0.05) is 19.4 Å². The highest BCUT2D eigenvalue weighted by atomic mass is 16.6. The van der Waals surface area contributed by atoms with E-state index in [1.54, 1.807) is 24.3 Å². The van der Waals surface area contributed by atoms with E-state index >= 15 is 0 Å². The predicted octanol–water partition coefficient (Wildman–Crippen LogP) is 4.58. The van der Waals surface area contributed by atoms with Crippen LogP contribution in [-0.2, 0) is 9.59 Å². The Hall–Kier alpha value is -3.60. The summed E-state index contributed by atoms with van der Waals surface area (Å²) in [5.74, 6) is -1.16. The minimum absolute atomic E-state index is 0.00255. The Morgan fingerprint density at radius 3 is 1.74 bits per heavy atom. The molecule has 3 aromatic rings. The summed E-state index contributed by atoms with van der Waals surface area (Å²) in [7, 11) is 0. The van der Waals surface area contributed by atoms with Gasteiger partial charge in [0.2, 0.25) is 0 Å². The molecule has 0 saturated heterocycles. The molecule has 27 heavy (non-hydrogen) atoms. The first-order chi connectivity index (χ1) is 13.0. The highest BCUT2D eigenvalue weighted by Crippen LogP contribution is 2.50. The first-order valence-corrected chi connectivity index (χ1v) is 8.35. The smallest absolute Gasteiger partial charge is 0.308 e. The van der Waals surface area contributed by atoms with E-state index in [1.807, 2.05) is 36.4 Å². The fraction of sp³-hybridized carbons (Fsp3) is 0.0909. The Balaban J connectivity index is 2.36.